The normalized spacial score (nSPS) is 21.2. The number of carbonyl (C=O) groups is 2. The molecule has 156 valence electrons. The molecule has 0 bridgehead atoms. The number of methoxy groups -OCH3 is 1. The number of nitrogens with one attached hydrogen (secondary N) is 1. The number of likely N-dealkylation sites (tertiary alicyclic amines) is 1. The molecule has 2 saturated heterocycles. The summed E-state index contributed by atoms with van der Waals surface area (Å²) in [5, 5.41) is 3.03. The highest BCUT2D eigenvalue weighted by atomic mass is 16.5. The van der Waals surface area contributed by atoms with Crippen molar-refractivity contribution in [2.24, 2.45) is 0 Å². The number of hydrogen-bond donors (Lipinski definition) is 1. The number of rotatable bonds is 4. The zero-order valence-corrected chi connectivity index (χ0v) is 17.3. The van der Waals surface area contributed by atoms with E-state index >= 15 is 0 Å². The van der Waals surface area contributed by atoms with Crippen LogP contribution in [-0.4, -0.2) is 53.5 Å². The fraction of sp³-hybridized carbons (Fsp3) is 0.417. The molecule has 0 aromatic heterocycles. The molecule has 1 spiro atoms. The van der Waals surface area contributed by atoms with Gasteiger partial charge in [0.25, 0.3) is 5.91 Å². The predicted molar refractivity (Wildman–Crippen MR) is 113 cm³/mol. The van der Waals surface area contributed by atoms with E-state index in [4.69, 9.17) is 4.74 Å². The van der Waals surface area contributed by atoms with Gasteiger partial charge in [-0.15, -0.1) is 0 Å². The molecule has 1 aliphatic carbocycles. The maximum absolute atomic E-state index is 13.2. The van der Waals surface area contributed by atoms with Gasteiger partial charge in [-0.3, -0.25) is 14.6 Å². The third-order valence-electron chi connectivity index (χ3n) is 6.94. The molecule has 0 atom stereocenters. The van der Waals surface area contributed by atoms with Crippen LogP contribution in [0, 0.1) is 0 Å². The molecule has 2 fully saturated rings. The Labute approximate surface area is 176 Å². The lowest BCUT2D eigenvalue weighted by atomic mass is 9.86. The number of piperidine rings is 1. The molecule has 30 heavy (non-hydrogen) atoms. The Morgan fingerprint density at radius 2 is 1.63 bits per heavy atom. The van der Waals surface area contributed by atoms with Crippen LogP contribution in [0.4, 0.5) is 4.79 Å². The zero-order chi connectivity index (χ0) is 20.7. The summed E-state index contributed by atoms with van der Waals surface area (Å²) < 4.78 is 5.18. The third-order valence-corrected chi connectivity index (χ3v) is 6.94. The molecule has 2 aromatic rings. The molecule has 0 radical (unpaired) electrons. The smallest absolute Gasteiger partial charge is 0.325 e. The van der Waals surface area contributed by atoms with Gasteiger partial charge in [0, 0.05) is 19.1 Å². The van der Waals surface area contributed by atoms with E-state index in [9.17, 15) is 9.59 Å². The second-order valence-corrected chi connectivity index (χ2v) is 8.62. The first-order chi connectivity index (χ1) is 14.6. The van der Waals surface area contributed by atoms with Crippen LogP contribution in [0.5, 0.6) is 5.75 Å². The average Bonchev–Trinajstić information content (AvgIpc) is 3.30. The fourth-order valence-corrected chi connectivity index (χ4v) is 5.14. The van der Waals surface area contributed by atoms with Crippen LogP contribution in [0.15, 0.2) is 48.5 Å². The molecule has 6 nitrogen and oxygen atoms in total. The van der Waals surface area contributed by atoms with Crippen molar-refractivity contribution in [2.75, 3.05) is 20.2 Å². The monoisotopic (exact) mass is 405 g/mol. The number of hydrogen-bond acceptors (Lipinski definition) is 4. The molecule has 5 rings (SSSR count). The highest BCUT2D eigenvalue weighted by molar-refractivity contribution is 6.07. The van der Waals surface area contributed by atoms with Crippen molar-refractivity contribution in [2.45, 2.75) is 43.8 Å². The van der Waals surface area contributed by atoms with Gasteiger partial charge in [0.1, 0.15) is 11.3 Å². The largest absolute Gasteiger partial charge is 0.497 e. The lowest BCUT2D eigenvalue weighted by Gasteiger charge is -2.40. The van der Waals surface area contributed by atoms with Crippen LogP contribution in [-0.2, 0) is 24.2 Å². The molecule has 0 unspecified atom stereocenters. The van der Waals surface area contributed by atoms with Gasteiger partial charge in [0.05, 0.1) is 13.7 Å². The SMILES string of the molecule is COc1ccc(CN2C(=O)NC3(CCN(C4Cc5ccccc5C4)CC3)C2=O)cc1. The average molecular weight is 405 g/mol. The number of nitrogens with zero attached hydrogens (tertiary/aromatic N) is 2. The van der Waals surface area contributed by atoms with Crippen molar-refractivity contribution in [3.63, 3.8) is 0 Å². The first-order valence-corrected chi connectivity index (χ1v) is 10.7. The summed E-state index contributed by atoms with van der Waals surface area (Å²) in [6.45, 7) is 1.96. The Balaban J connectivity index is 1.23. The first-order valence-electron chi connectivity index (χ1n) is 10.7. The summed E-state index contributed by atoms with van der Waals surface area (Å²) in [5.41, 5.74) is 3.06. The molecular weight excluding hydrogens is 378 g/mol. The molecule has 1 N–H and O–H groups in total. The van der Waals surface area contributed by atoms with Crippen molar-refractivity contribution >= 4 is 11.9 Å². The summed E-state index contributed by atoms with van der Waals surface area (Å²) in [6.07, 6.45) is 3.49. The Morgan fingerprint density at radius 1 is 1.00 bits per heavy atom. The van der Waals surface area contributed by atoms with Crippen LogP contribution in [0.1, 0.15) is 29.5 Å². The summed E-state index contributed by atoms with van der Waals surface area (Å²) in [7, 11) is 1.62. The van der Waals surface area contributed by atoms with E-state index in [0.717, 1.165) is 37.2 Å². The number of carbonyl (C=O) groups excluding carboxylic acids is 2. The molecule has 2 heterocycles. The standard InChI is InChI=1S/C24H27N3O3/c1-30-21-8-6-17(7-9-21)16-27-22(28)24(25-23(27)29)10-12-26(13-11-24)20-14-18-4-2-3-5-19(18)15-20/h2-9,20H,10-16H2,1H3,(H,25,29). The van der Waals surface area contributed by atoms with E-state index in [2.05, 4.69) is 34.5 Å². The highest BCUT2D eigenvalue weighted by Gasteiger charge is 2.52. The molecule has 2 aromatic carbocycles. The topological polar surface area (TPSA) is 61.9 Å². The van der Waals surface area contributed by atoms with Crippen LogP contribution < -0.4 is 10.1 Å². The third kappa shape index (κ3) is 3.25. The Bertz CT molecular complexity index is 939. The molecular formula is C24H27N3O3. The lowest BCUT2D eigenvalue weighted by Crippen LogP contribution is -2.56. The number of ether oxygens (including phenoxy) is 1. The maximum Gasteiger partial charge on any atom is 0.325 e. The minimum Gasteiger partial charge on any atom is -0.497 e. The Hall–Kier alpha value is -2.86. The quantitative estimate of drug-likeness (QED) is 0.795. The van der Waals surface area contributed by atoms with E-state index in [-0.39, 0.29) is 18.5 Å². The van der Waals surface area contributed by atoms with E-state index in [1.807, 2.05) is 24.3 Å². The van der Waals surface area contributed by atoms with Gasteiger partial charge >= 0.3 is 6.03 Å². The molecule has 0 saturated carbocycles. The number of amides is 3. The number of imide groups is 1. The molecule has 2 aliphatic heterocycles. The zero-order valence-electron chi connectivity index (χ0n) is 17.3. The summed E-state index contributed by atoms with van der Waals surface area (Å²) in [6, 6.07) is 16.4. The van der Waals surface area contributed by atoms with Gasteiger partial charge in [-0.25, -0.2) is 4.79 Å². The van der Waals surface area contributed by atoms with E-state index in [1.165, 1.54) is 16.0 Å². The van der Waals surface area contributed by atoms with Crippen LogP contribution in [0.3, 0.4) is 0 Å². The summed E-state index contributed by atoms with van der Waals surface area (Å²) in [4.78, 5) is 29.7. The number of benzene rings is 2. The molecule has 6 heteroatoms. The fourth-order valence-electron chi connectivity index (χ4n) is 5.14. The number of urea groups is 1. The van der Waals surface area contributed by atoms with Gasteiger partial charge in [-0.2, -0.15) is 0 Å². The van der Waals surface area contributed by atoms with E-state index in [0.29, 0.717) is 18.9 Å². The highest BCUT2D eigenvalue weighted by Crippen LogP contribution is 2.34. The van der Waals surface area contributed by atoms with Crippen LogP contribution >= 0.6 is 0 Å². The van der Waals surface area contributed by atoms with Crippen LogP contribution in [0.25, 0.3) is 0 Å². The van der Waals surface area contributed by atoms with Gasteiger partial charge in [-0.1, -0.05) is 36.4 Å². The lowest BCUT2D eigenvalue weighted by molar-refractivity contribution is -0.133. The van der Waals surface area contributed by atoms with Gasteiger partial charge in [-0.05, 0) is 54.5 Å². The molecule has 3 amide bonds. The maximum atomic E-state index is 13.2. The van der Waals surface area contributed by atoms with E-state index in [1.54, 1.807) is 7.11 Å². The summed E-state index contributed by atoms with van der Waals surface area (Å²) >= 11 is 0. The molecule has 3 aliphatic rings. The van der Waals surface area contributed by atoms with Crippen molar-refractivity contribution in [3.05, 3.63) is 65.2 Å². The minimum absolute atomic E-state index is 0.0855. The van der Waals surface area contributed by atoms with Gasteiger partial charge in [0.15, 0.2) is 0 Å². The Kier molecular flexibility index (Phi) is 4.74. The summed E-state index contributed by atoms with van der Waals surface area (Å²) in [5.74, 6) is 0.673. The van der Waals surface area contributed by atoms with Crippen molar-refractivity contribution in [3.8, 4) is 5.75 Å². The van der Waals surface area contributed by atoms with Crippen molar-refractivity contribution in [1.29, 1.82) is 0 Å². The minimum atomic E-state index is -0.745. The second-order valence-electron chi connectivity index (χ2n) is 8.62. The predicted octanol–water partition coefficient (Wildman–Crippen LogP) is 2.75. The van der Waals surface area contributed by atoms with Crippen molar-refractivity contribution in [1.82, 2.24) is 15.1 Å². The van der Waals surface area contributed by atoms with Gasteiger partial charge < -0.3 is 10.1 Å². The number of fused-ring (bicyclic) bond motifs is 1. The Morgan fingerprint density at radius 3 is 2.23 bits per heavy atom. The van der Waals surface area contributed by atoms with Crippen molar-refractivity contribution < 1.29 is 14.3 Å². The van der Waals surface area contributed by atoms with Gasteiger partial charge in [0.2, 0.25) is 0 Å². The first kappa shape index (κ1) is 19.1. The van der Waals surface area contributed by atoms with E-state index < -0.39 is 5.54 Å². The second kappa shape index (κ2) is 7.43. The van der Waals surface area contributed by atoms with Crippen LogP contribution in [0.2, 0.25) is 0 Å².